The fourth-order valence-electron chi connectivity index (χ4n) is 1.62. The van der Waals surface area contributed by atoms with Crippen molar-refractivity contribution in [3.63, 3.8) is 0 Å². The van der Waals surface area contributed by atoms with E-state index >= 15 is 0 Å². The molecule has 1 aromatic heterocycles. The second-order valence-corrected chi connectivity index (χ2v) is 3.49. The van der Waals surface area contributed by atoms with Gasteiger partial charge in [0.2, 0.25) is 0 Å². The van der Waals surface area contributed by atoms with Crippen molar-refractivity contribution in [2.45, 2.75) is 0 Å². The van der Waals surface area contributed by atoms with Crippen LogP contribution in [0.25, 0.3) is 5.57 Å². The van der Waals surface area contributed by atoms with E-state index in [-0.39, 0.29) is 0 Å². The quantitative estimate of drug-likeness (QED) is 0.800. The lowest BCUT2D eigenvalue weighted by Crippen LogP contribution is -2.26. The predicted molar refractivity (Wildman–Crippen MR) is 62.0 cm³/mol. The molecule has 2 heterocycles. The van der Waals surface area contributed by atoms with Gasteiger partial charge in [0, 0.05) is 32.0 Å². The van der Waals surface area contributed by atoms with Gasteiger partial charge in [0.15, 0.2) is 0 Å². The summed E-state index contributed by atoms with van der Waals surface area (Å²) in [6, 6.07) is 4.05. The molecule has 0 aliphatic carbocycles. The van der Waals surface area contributed by atoms with E-state index in [0.29, 0.717) is 6.54 Å². The Morgan fingerprint density at radius 3 is 2.73 bits per heavy atom. The minimum Gasteiger partial charge on any atom is -0.372 e. The van der Waals surface area contributed by atoms with Crippen LogP contribution in [0, 0.1) is 0 Å². The SMILES string of the molecule is NCCN1C=CC(c2ccncc2)=CC1. The molecule has 3 heteroatoms. The number of pyridine rings is 1. The lowest BCUT2D eigenvalue weighted by molar-refractivity contribution is 0.423. The average Bonchev–Trinajstić information content (AvgIpc) is 2.32. The fraction of sp³-hybridized carbons (Fsp3) is 0.250. The first-order chi connectivity index (χ1) is 7.40. The summed E-state index contributed by atoms with van der Waals surface area (Å²) in [5.41, 5.74) is 7.97. The average molecular weight is 201 g/mol. The molecule has 0 atom stereocenters. The molecule has 0 saturated carbocycles. The molecule has 2 N–H and O–H groups in total. The number of nitrogens with zero attached hydrogens (tertiary/aromatic N) is 2. The van der Waals surface area contributed by atoms with Gasteiger partial charge in [-0.25, -0.2) is 0 Å². The van der Waals surface area contributed by atoms with Gasteiger partial charge < -0.3 is 10.6 Å². The second kappa shape index (κ2) is 4.75. The lowest BCUT2D eigenvalue weighted by atomic mass is 10.1. The minimum atomic E-state index is 0.697. The van der Waals surface area contributed by atoms with Gasteiger partial charge in [0.05, 0.1) is 0 Å². The number of allylic oxidation sites excluding steroid dienone is 2. The summed E-state index contributed by atoms with van der Waals surface area (Å²) in [6.45, 7) is 2.55. The zero-order valence-electron chi connectivity index (χ0n) is 8.63. The fourth-order valence-corrected chi connectivity index (χ4v) is 1.62. The van der Waals surface area contributed by atoms with Crippen molar-refractivity contribution in [1.82, 2.24) is 9.88 Å². The first kappa shape index (κ1) is 9.93. The predicted octanol–water partition coefficient (Wildman–Crippen LogP) is 1.25. The first-order valence-electron chi connectivity index (χ1n) is 5.13. The Morgan fingerprint density at radius 2 is 2.13 bits per heavy atom. The van der Waals surface area contributed by atoms with Crippen LogP contribution in [0.2, 0.25) is 0 Å². The Morgan fingerprint density at radius 1 is 1.33 bits per heavy atom. The molecule has 15 heavy (non-hydrogen) atoms. The van der Waals surface area contributed by atoms with Gasteiger partial charge in [0.1, 0.15) is 0 Å². The standard InChI is InChI=1S/C12H15N3/c13-5-10-15-8-3-12(4-9-15)11-1-6-14-7-2-11/h1-4,6-8H,5,9-10,13H2. The molecule has 1 aromatic rings. The van der Waals surface area contributed by atoms with Gasteiger partial charge in [-0.15, -0.1) is 0 Å². The number of nitrogens with two attached hydrogens (primary N) is 1. The van der Waals surface area contributed by atoms with Crippen molar-refractivity contribution in [2.24, 2.45) is 5.73 Å². The highest BCUT2D eigenvalue weighted by atomic mass is 15.1. The van der Waals surface area contributed by atoms with Crippen LogP contribution in [-0.2, 0) is 0 Å². The van der Waals surface area contributed by atoms with Crippen molar-refractivity contribution < 1.29 is 0 Å². The first-order valence-corrected chi connectivity index (χ1v) is 5.13. The van der Waals surface area contributed by atoms with Gasteiger partial charge in [-0.1, -0.05) is 6.08 Å². The van der Waals surface area contributed by atoms with Crippen LogP contribution in [0.1, 0.15) is 5.56 Å². The molecule has 0 aromatic carbocycles. The molecule has 0 spiro atoms. The van der Waals surface area contributed by atoms with Crippen LogP contribution in [0.4, 0.5) is 0 Å². The van der Waals surface area contributed by atoms with Crippen LogP contribution in [0.5, 0.6) is 0 Å². The van der Waals surface area contributed by atoms with Crippen molar-refractivity contribution in [2.75, 3.05) is 19.6 Å². The van der Waals surface area contributed by atoms with Crippen LogP contribution >= 0.6 is 0 Å². The van der Waals surface area contributed by atoms with E-state index in [4.69, 9.17) is 5.73 Å². The van der Waals surface area contributed by atoms with E-state index in [1.807, 2.05) is 24.5 Å². The van der Waals surface area contributed by atoms with E-state index in [1.165, 1.54) is 11.1 Å². The monoisotopic (exact) mass is 201 g/mol. The van der Waals surface area contributed by atoms with Crippen molar-refractivity contribution in [1.29, 1.82) is 0 Å². The van der Waals surface area contributed by atoms with Gasteiger partial charge in [-0.2, -0.15) is 0 Å². The third kappa shape index (κ3) is 2.44. The number of hydrogen-bond acceptors (Lipinski definition) is 3. The lowest BCUT2D eigenvalue weighted by Gasteiger charge is -2.21. The van der Waals surface area contributed by atoms with Crippen molar-refractivity contribution in [3.05, 3.63) is 48.4 Å². The van der Waals surface area contributed by atoms with Gasteiger partial charge in [-0.05, 0) is 35.5 Å². The summed E-state index contributed by atoms with van der Waals surface area (Å²) >= 11 is 0. The third-order valence-electron chi connectivity index (χ3n) is 2.44. The topological polar surface area (TPSA) is 42.1 Å². The minimum absolute atomic E-state index is 0.697. The number of hydrogen-bond donors (Lipinski definition) is 1. The molecule has 3 nitrogen and oxygen atoms in total. The Kier molecular flexibility index (Phi) is 3.15. The molecule has 0 fully saturated rings. The van der Waals surface area contributed by atoms with E-state index in [0.717, 1.165) is 13.1 Å². The summed E-state index contributed by atoms with van der Waals surface area (Å²) in [5.74, 6) is 0. The highest BCUT2D eigenvalue weighted by Gasteiger charge is 2.04. The van der Waals surface area contributed by atoms with Crippen LogP contribution in [0.3, 0.4) is 0 Å². The van der Waals surface area contributed by atoms with Gasteiger partial charge in [-0.3, -0.25) is 4.98 Å². The van der Waals surface area contributed by atoms with Gasteiger partial charge >= 0.3 is 0 Å². The van der Waals surface area contributed by atoms with Crippen LogP contribution in [0.15, 0.2) is 42.9 Å². The van der Waals surface area contributed by atoms with Crippen molar-refractivity contribution in [3.8, 4) is 0 Å². The highest BCUT2D eigenvalue weighted by Crippen LogP contribution is 2.18. The molecule has 1 aliphatic rings. The maximum absolute atomic E-state index is 5.50. The van der Waals surface area contributed by atoms with E-state index < -0.39 is 0 Å². The summed E-state index contributed by atoms with van der Waals surface area (Å²) in [5, 5.41) is 0. The molecule has 0 amide bonds. The molecular weight excluding hydrogens is 186 g/mol. The number of rotatable bonds is 3. The summed E-state index contributed by atoms with van der Waals surface area (Å²) in [7, 11) is 0. The Balaban J connectivity index is 2.07. The maximum Gasteiger partial charge on any atom is 0.0363 e. The second-order valence-electron chi connectivity index (χ2n) is 3.49. The zero-order valence-corrected chi connectivity index (χ0v) is 8.63. The summed E-state index contributed by atoms with van der Waals surface area (Å²) in [4.78, 5) is 6.21. The molecule has 0 bridgehead atoms. The maximum atomic E-state index is 5.50. The molecule has 78 valence electrons. The Labute approximate surface area is 89.9 Å². The van der Waals surface area contributed by atoms with E-state index in [1.54, 1.807) is 0 Å². The Bertz CT molecular complexity index is 368. The molecule has 0 saturated heterocycles. The van der Waals surface area contributed by atoms with E-state index in [9.17, 15) is 0 Å². The summed E-state index contributed by atoms with van der Waals surface area (Å²) in [6.07, 6.45) is 10.1. The Hall–Kier alpha value is -1.61. The third-order valence-corrected chi connectivity index (χ3v) is 2.44. The molecular formula is C12H15N3. The van der Waals surface area contributed by atoms with E-state index in [2.05, 4.69) is 28.2 Å². The molecule has 1 aliphatic heterocycles. The largest absolute Gasteiger partial charge is 0.372 e. The normalized spacial score (nSPS) is 15.3. The zero-order chi connectivity index (χ0) is 10.5. The summed E-state index contributed by atoms with van der Waals surface area (Å²) < 4.78 is 0. The van der Waals surface area contributed by atoms with Crippen LogP contribution < -0.4 is 5.73 Å². The highest BCUT2D eigenvalue weighted by molar-refractivity contribution is 5.74. The van der Waals surface area contributed by atoms with Gasteiger partial charge in [0.25, 0.3) is 0 Å². The number of aromatic nitrogens is 1. The molecule has 2 rings (SSSR count). The van der Waals surface area contributed by atoms with Crippen molar-refractivity contribution >= 4 is 5.57 Å². The molecule has 0 radical (unpaired) electrons. The van der Waals surface area contributed by atoms with Crippen LogP contribution in [-0.4, -0.2) is 29.5 Å². The smallest absolute Gasteiger partial charge is 0.0363 e. The molecule has 0 unspecified atom stereocenters.